The Labute approximate surface area is 65.1 Å². The van der Waals surface area contributed by atoms with E-state index in [1.54, 1.807) is 0 Å². The van der Waals surface area contributed by atoms with E-state index in [0.717, 1.165) is 31.0 Å². The predicted molar refractivity (Wildman–Crippen MR) is 42.5 cm³/mol. The number of rotatable bonds is 0. The molecule has 1 aromatic rings. The van der Waals surface area contributed by atoms with Crippen LogP contribution >= 0.6 is 0 Å². The second kappa shape index (κ2) is 2.26. The average molecular weight is 152 g/mol. The molecule has 1 unspecified atom stereocenters. The van der Waals surface area contributed by atoms with Crippen LogP contribution in [0.3, 0.4) is 0 Å². The van der Waals surface area contributed by atoms with Crippen LogP contribution < -0.4 is 5.69 Å². The molecule has 0 spiro atoms. The van der Waals surface area contributed by atoms with Crippen molar-refractivity contribution < 1.29 is 0 Å². The first-order valence-corrected chi connectivity index (χ1v) is 4.04. The van der Waals surface area contributed by atoms with Gasteiger partial charge in [0.15, 0.2) is 0 Å². The summed E-state index contributed by atoms with van der Waals surface area (Å²) in [4.78, 5) is 13.8. The summed E-state index contributed by atoms with van der Waals surface area (Å²) in [6, 6.07) is 0. The second-order valence-electron chi connectivity index (χ2n) is 3.33. The summed E-state index contributed by atoms with van der Waals surface area (Å²) >= 11 is 0. The van der Waals surface area contributed by atoms with Crippen LogP contribution in [0.5, 0.6) is 0 Å². The largest absolute Gasteiger partial charge is 0.325 e. The zero-order valence-corrected chi connectivity index (χ0v) is 6.63. The number of H-pyrrole nitrogens is 1. The normalized spacial score (nSPS) is 23.2. The number of imidazole rings is 1. The topological polar surface area (TPSA) is 37.8 Å². The molecule has 0 fully saturated rings. The van der Waals surface area contributed by atoms with Crippen molar-refractivity contribution in [2.24, 2.45) is 5.92 Å². The molecule has 60 valence electrons. The van der Waals surface area contributed by atoms with Crippen molar-refractivity contribution in [3.63, 3.8) is 0 Å². The van der Waals surface area contributed by atoms with Crippen molar-refractivity contribution in [1.29, 1.82) is 0 Å². The fraction of sp³-hybridized carbons (Fsp3) is 0.625. The maximum atomic E-state index is 11.1. The number of fused-ring (bicyclic) bond motifs is 1. The van der Waals surface area contributed by atoms with Gasteiger partial charge in [-0.05, 0) is 18.8 Å². The Morgan fingerprint density at radius 1 is 1.73 bits per heavy atom. The lowest BCUT2D eigenvalue weighted by molar-refractivity contribution is 0.411. The fourth-order valence-corrected chi connectivity index (χ4v) is 1.65. The van der Waals surface area contributed by atoms with Crippen LogP contribution in [-0.2, 0) is 13.0 Å². The third-order valence-corrected chi connectivity index (χ3v) is 2.36. The molecule has 1 aliphatic heterocycles. The summed E-state index contributed by atoms with van der Waals surface area (Å²) in [5.74, 6) is 0.727. The van der Waals surface area contributed by atoms with E-state index in [1.807, 2.05) is 10.8 Å². The number of aromatic amines is 1. The highest BCUT2D eigenvalue weighted by atomic mass is 16.1. The number of nitrogens with one attached hydrogen (secondary N) is 1. The molecule has 2 heterocycles. The summed E-state index contributed by atoms with van der Waals surface area (Å²) in [5.41, 5.74) is 1.21. The number of nitrogens with zero attached hydrogens (tertiary/aromatic N) is 1. The van der Waals surface area contributed by atoms with Crippen molar-refractivity contribution in [3.8, 4) is 0 Å². The highest BCUT2D eigenvalue weighted by Gasteiger charge is 2.15. The number of hydrogen-bond donors (Lipinski definition) is 1. The molecule has 3 heteroatoms. The first-order chi connectivity index (χ1) is 5.27. The highest BCUT2D eigenvalue weighted by molar-refractivity contribution is 5.02. The summed E-state index contributed by atoms with van der Waals surface area (Å²) in [5, 5.41) is 0. The minimum Gasteiger partial charge on any atom is -0.312 e. The zero-order valence-electron chi connectivity index (χ0n) is 6.63. The molecule has 3 nitrogen and oxygen atoms in total. The van der Waals surface area contributed by atoms with E-state index in [0.29, 0.717) is 0 Å². The molecule has 0 bridgehead atoms. The summed E-state index contributed by atoms with van der Waals surface area (Å²) in [7, 11) is 0. The van der Waals surface area contributed by atoms with Crippen LogP contribution in [0.1, 0.15) is 19.0 Å². The first-order valence-electron chi connectivity index (χ1n) is 4.04. The van der Waals surface area contributed by atoms with E-state index < -0.39 is 0 Å². The molecule has 0 aliphatic carbocycles. The van der Waals surface area contributed by atoms with Gasteiger partial charge in [0.25, 0.3) is 0 Å². The Hall–Kier alpha value is -0.990. The third kappa shape index (κ3) is 1.00. The van der Waals surface area contributed by atoms with Gasteiger partial charge in [-0.2, -0.15) is 0 Å². The fourth-order valence-electron chi connectivity index (χ4n) is 1.65. The monoisotopic (exact) mass is 152 g/mol. The van der Waals surface area contributed by atoms with Crippen molar-refractivity contribution in [1.82, 2.24) is 9.55 Å². The quantitative estimate of drug-likeness (QED) is 0.585. The third-order valence-electron chi connectivity index (χ3n) is 2.36. The van der Waals surface area contributed by atoms with E-state index in [2.05, 4.69) is 11.9 Å². The molecular weight excluding hydrogens is 140 g/mol. The van der Waals surface area contributed by atoms with Gasteiger partial charge in [-0.3, -0.25) is 4.57 Å². The Balaban J connectivity index is 2.44. The van der Waals surface area contributed by atoms with Crippen LogP contribution in [0.25, 0.3) is 0 Å². The van der Waals surface area contributed by atoms with Gasteiger partial charge in [-0.25, -0.2) is 4.79 Å². The summed E-state index contributed by atoms with van der Waals surface area (Å²) in [6.07, 6.45) is 4.00. The minimum atomic E-state index is 0.0481. The van der Waals surface area contributed by atoms with E-state index >= 15 is 0 Å². The lowest BCUT2D eigenvalue weighted by atomic mass is 9.99. The molecule has 0 radical (unpaired) electrons. The van der Waals surface area contributed by atoms with E-state index in [9.17, 15) is 4.79 Å². The molecule has 2 rings (SSSR count). The smallest absolute Gasteiger partial charge is 0.312 e. The van der Waals surface area contributed by atoms with Gasteiger partial charge in [-0.15, -0.1) is 0 Å². The Morgan fingerprint density at radius 3 is 3.36 bits per heavy atom. The summed E-state index contributed by atoms with van der Waals surface area (Å²) in [6.45, 7) is 3.11. The Morgan fingerprint density at radius 2 is 2.55 bits per heavy atom. The van der Waals surface area contributed by atoms with Crippen LogP contribution in [0.2, 0.25) is 0 Å². The van der Waals surface area contributed by atoms with Gasteiger partial charge in [0, 0.05) is 18.4 Å². The van der Waals surface area contributed by atoms with Gasteiger partial charge in [-0.1, -0.05) is 6.92 Å². The molecule has 0 aromatic carbocycles. The van der Waals surface area contributed by atoms with Crippen LogP contribution in [0.4, 0.5) is 0 Å². The Kier molecular flexibility index (Phi) is 1.37. The SMILES string of the molecule is CC1CCn2c(c[nH]c2=O)C1. The molecule has 0 amide bonds. The minimum absolute atomic E-state index is 0.0481. The number of aromatic nitrogens is 2. The lowest BCUT2D eigenvalue weighted by Gasteiger charge is -2.18. The van der Waals surface area contributed by atoms with Crippen molar-refractivity contribution in [2.45, 2.75) is 26.3 Å². The predicted octanol–water partition coefficient (Wildman–Crippen LogP) is 0.759. The van der Waals surface area contributed by atoms with Gasteiger partial charge < -0.3 is 4.98 Å². The molecule has 0 saturated heterocycles. The van der Waals surface area contributed by atoms with Gasteiger partial charge in [0.2, 0.25) is 0 Å². The number of hydrogen-bond acceptors (Lipinski definition) is 1. The van der Waals surface area contributed by atoms with Gasteiger partial charge in [0.05, 0.1) is 0 Å². The van der Waals surface area contributed by atoms with E-state index in [-0.39, 0.29) is 5.69 Å². The van der Waals surface area contributed by atoms with Crippen molar-refractivity contribution in [3.05, 3.63) is 22.4 Å². The van der Waals surface area contributed by atoms with Gasteiger partial charge >= 0.3 is 5.69 Å². The Bertz CT molecular complexity index is 310. The second-order valence-corrected chi connectivity index (χ2v) is 3.33. The maximum absolute atomic E-state index is 11.1. The van der Waals surface area contributed by atoms with Crippen molar-refractivity contribution >= 4 is 0 Å². The molecule has 1 aromatic heterocycles. The first kappa shape index (κ1) is 6.70. The maximum Gasteiger partial charge on any atom is 0.325 e. The molecule has 1 atom stereocenters. The molecular formula is C8H12N2O. The average Bonchev–Trinajstić information content (AvgIpc) is 2.32. The lowest BCUT2D eigenvalue weighted by Crippen LogP contribution is -2.25. The standard InChI is InChI=1S/C8H12N2O/c1-6-2-3-10-7(4-6)5-9-8(10)11/h5-6H,2-4H2,1H3,(H,9,11). The van der Waals surface area contributed by atoms with Crippen LogP contribution in [-0.4, -0.2) is 9.55 Å². The molecule has 11 heavy (non-hydrogen) atoms. The van der Waals surface area contributed by atoms with Crippen molar-refractivity contribution in [2.75, 3.05) is 0 Å². The van der Waals surface area contributed by atoms with Crippen LogP contribution in [0.15, 0.2) is 11.0 Å². The molecule has 1 N–H and O–H groups in total. The summed E-state index contributed by atoms with van der Waals surface area (Å²) < 4.78 is 1.83. The zero-order chi connectivity index (χ0) is 7.84. The van der Waals surface area contributed by atoms with E-state index in [1.165, 1.54) is 0 Å². The van der Waals surface area contributed by atoms with Gasteiger partial charge in [0.1, 0.15) is 0 Å². The molecule has 0 saturated carbocycles. The highest BCUT2D eigenvalue weighted by Crippen LogP contribution is 2.16. The molecule has 1 aliphatic rings. The van der Waals surface area contributed by atoms with Crippen LogP contribution in [0, 0.1) is 5.92 Å². The van der Waals surface area contributed by atoms with E-state index in [4.69, 9.17) is 0 Å².